The predicted molar refractivity (Wildman–Crippen MR) is 95.5 cm³/mol. The van der Waals surface area contributed by atoms with E-state index in [0.717, 1.165) is 4.68 Å². The minimum absolute atomic E-state index is 0.0208. The van der Waals surface area contributed by atoms with E-state index in [4.69, 9.17) is 10.00 Å². The Kier molecular flexibility index (Phi) is 4.90. The van der Waals surface area contributed by atoms with Gasteiger partial charge in [-0.3, -0.25) is 4.68 Å². The van der Waals surface area contributed by atoms with Gasteiger partial charge in [0.15, 0.2) is 0 Å². The van der Waals surface area contributed by atoms with Crippen molar-refractivity contribution >= 4 is 6.09 Å². The Labute approximate surface area is 162 Å². The summed E-state index contributed by atoms with van der Waals surface area (Å²) < 4.78 is 36.5. The molecule has 1 N–H and O–H groups in total. The van der Waals surface area contributed by atoms with Gasteiger partial charge in [0.1, 0.15) is 11.3 Å². The van der Waals surface area contributed by atoms with E-state index in [1.165, 1.54) is 4.90 Å². The van der Waals surface area contributed by atoms with Gasteiger partial charge in [-0.15, -0.1) is 0 Å². The average molecular weight is 396 g/mol. The van der Waals surface area contributed by atoms with E-state index in [2.05, 4.69) is 5.10 Å². The number of carbonyl (C=O) groups excluding carboxylic acids is 1. The van der Waals surface area contributed by atoms with E-state index in [1.54, 1.807) is 20.8 Å². The zero-order valence-electron chi connectivity index (χ0n) is 16.6. The first-order chi connectivity index (χ1) is 12.9. The molecule has 0 bridgehead atoms. The van der Waals surface area contributed by atoms with Crippen LogP contribution in [0.3, 0.4) is 0 Å². The van der Waals surface area contributed by atoms with Crippen LogP contribution >= 0.6 is 0 Å². The molecule has 1 aromatic heterocycles. The van der Waals surface area contributed by atoms with Crippen molar-refractivity contribution in [1.82, 2.24) is 14.7 Å². The number of hydrogen-bond acceptors (Lipinski definition) is 5. The highest BCUT2D eigenvalue weighted by Gasteiger charge is 2.48. The van der Waals surface area contributed by atoms with Gasteiger partial charge in [0.25, 0.3) is 5.92 Å². The van der Waals surface area contributed by atoms with E-state index in [9.17, 15) is 18.7 Å². The highest BCUT2D eigenvalue weighted by Crippen LogP contribution is 2.43. The number of amides is 1. The minimum Gasteiger partial charge on any atom is -0.444 e. The first kappa shape index (κ1) is 20.5. The van der Waals surface area contributed by atoms with Crippen molar-refractivity contribution in [1.29, 1.82) is 5.26 Å². The standard InChI is InChI=1S/C19H26F2N4O3/c1-12-9-14-13(10-24(12)16(26)28-17(2,3)4)15-19(20,21)6-5-18(27,7-8-22)11-25(15)23-14/h12,27H,5-7,9-11H2,1-4H3. The molecule has 2 aliphatic rings. The summed E-state index contributed by atoms with van der Waals surface area (Å²) in [6, 6.07) is 1.61. The number of alkyl halides is 2. The van der Waals surface area contributed by atoms with E-state index in [1.807, 2.05) is 13.0 Å². The van der Waals surface area contributed by atoms with Crippen LogP contribution in [0.5, 0.6) is 0 Å². The molecular weight excluding hydrogens is 370 g/mol. The minimum atomic E-state index is -3.21. The second-order valence-corrected chi connectivity index (χ2v) is 8.86. The molecule has 2 aliphatic heterocycles. The molecule has 1 aromatic rings. The van der Waals surface area contributed by atoms with Crippen LogP contribution in [0.15, 0.2) is 0 Å². The summed E-state index contributed by atoms with van der Waals surface area (Å²) in [5.41, 5.74) is -1.69. The Morgan fingerprint density at radius 3 is 2.71 bits per heavy atom. The number of aliphatic hydroxyl groups is 1. The number of carbonyl (C=O) groups is 1. The first-order valence-electron chi connectivity index (χ1n) is 9.41. The van der Waals surface area contributed by atoms with Crippen LogP contribution < -0.4 is 0 Å². The number of halogens is 2. The molecule has 0 saturated heterocycles. The lowest BCUT2D eigenvalue weighted by molar-refractivity contribution is -0.0399. The van der Waals surface area contributed by atoms with Crippen molar-refractivity contribution in [2.75, 3.05) is 0 Å². The fraction of sp³-hybridized carbons (Fsp3) is 0.737. The van der Waals surface area contributed by atoms with Crippen molar-refractivity contribution in [3.63, 3.8) is 0 Å². The predicted octanol–water partition coefficient (Wildman–Crippen LogP) is 3.10. The van der Waals surface area contributed by atoms with Gasteiger partial charge in [0, 0.05) is 24.4 Å². The third-order valence-corrected chi connectivity index (χ3v) is 5.21. The number of hydrogen-bond donors (Lipinski definition) is 1. The summed E-state index contributed by atoms with van der Waals surface area (Å²) in [4.78, 5) is 14.0. The van der Waals surface area contributed by atoms with Crippen molar-refractivity contribution in [2.24, 2.45) is 0 Å². The van der Waals surface area contributed by atoms with Crippen LogP contribution in [0.25, 0.3) is 0 Å². The fourth-order valence-corrected chi connectivity index (χ4v) is 3.84. The Hall–Kier alpha value is -2.21. The maximum absolute atomic E-state index is 15.0. The Morgan fingerprint density at radius 2 is 2.11 bits per heavy atom. The van der Waals surface area contributed by atoms with Gasteiger partial charge < -0.3 is 14.7 Å². The SMILES string of the molecule is CC1Cc2nn3c(c2CN1C(=O)OC(C)(C)C)C(F)(F)CCC(O)(CC#N)C3. The Bertz CT molecular complexity index is 824. The number of nitrogens with zero attached hydrogens (tertiary/aromatic N) is 4. The Morgan fingerprint density at radius 1 is 1.43 bits per heavy atom. The third-order valence-electron chi connectivity index (χ3n) is 5.21. The fourth-order valence-electron chi connectivity index (χ4n) is 3.84. The lowest BCUT2D eigenvalue weighted by Crippen LogP contribution is -2.45. The molecule has 9 heteroatoms. The van der Waals surface area contributed by atoms with Crippen LogP contribution in [0.4, 0.5) is 13.6 Å². The maximum Gasteiger partial charge on any atom is 0.410 e. The molecule has 2 atom stereocenters. The largest absolute Gasteiger partial charge is 0.444 e. The lowest BCUT2D eigenvalue weighted by atomic mass is 9.92. The second-order valence-electron chi connectivity index (χ2n) is 8.86. The van der Waals surface area contributed by atoms with Crippen LogP contribution in [-0.4, -0.2) is 43.1 Å². The van der Waals surface area contributed by atoms with Gasteiger partial charge in [0.2, 0.25) is 0 Å². The second kappa shape index (κ2) is 6.69. The zero-order valence-corrected chi connectivity index (χ0v) is 16.6. The first-order valence-corrected chi connectivity index (χ1v) is 9.41. The normalized spacial score (nSPS) is 26.6. The van der Waals surface area contributed by atoms with Gasteiger partial charge in [-0.25, -0.2) is 4.79 Å². The number of ether oxygens (including phenoxy) is 1. The molecular formula is C19H26F2N4O3. The molecule has 28 heavy (non-hydrogen) atoms. The van der Waals surface area contributed by atoms with Crippen LogP contribution in [-0.2, 0) is 30.2 Å². The van der Waals surface area contributed by atoms with E-state index >= 15 is 0 Å². The molecule has 0 fully saturated rings. The number of nitriles is 1. The topological polar surface area (TPSA) is 91.4 Å². The van der Waals surface area contributed by atoms with Crippen LogP contribution in [0.1, 0.15) is 63.9 Å². The molecule has 0 saturated carbocycles. The summed E-state index contributed by atoms with van der Waals surface area (Å²) in [7, 11) is 0. The maximum atomic E-state index is 15.0. The quantitative estimate of drug-likeness (QED) is 0.788. The number of aromatic nitrogens is 2. The van der Waals surface area contributed by atoms with Gasteiger partial charge in [-0.2, -0.15) is 19.1 Å². The molecule has 2 unspecified atom stereocenters. The summed E-state index contributed by atoms with van der Waals surface area (Å²) in [6.45, 7) is 6.89. The van der Waals surface area contributed by atoms with E-state index in [0.29, 0.717) is 17.7 Å². The molecule has 1 amide bonds. The van der Waals surface area contributed by atoms with Crippen LogP contribution in [0.2, 0.25) is 0 Å². The highest BCUT2D eigenvalue weighted by molar-refractivity contribution is 5.69. The molecule has 3 heterocycles. The molecule has 0 aliphatic carbocycles. The molecule has 7 nitrogen and oxygen atoms in total. The lowest BCUT2D eigenvalue weighted by Gasteiger charge is -2.35. The Balaban J connectivity index is 1.99. The summed E-state index contributed by atoms with van der Waals surface area (Å²) in [5, 5.41) is 23.9. The number of rotatable bonds is 1. The summed E-state index contributed by atoms with van der Waals surface area (Å²) >= 11 is 0. The zero-order chi connectivity index (χ0) is 20.9. The van der Waals surface area contributed by atoms with E-state index in [-0.39, 0.29) is 37.7 Å². The van der Waals surface area contributed by atoms with Crippen molar-refractivity contribution < 1.29 is 23.4 Å². The van der Waals surface area contributed by atoms with Crippen molar-refractivity contribution in [3.8, 4) is 6.07 Å². The van der Waals surface area contributed by atoms with Crippen molar-refractivity contribution in [3.05, 3.63) is 17.0 Å². The summed E-state index contributed by atoms with van der Waals surface area (Å²) in [6.07, 6.45) is -1.25. The molecule has 0 aromatic carbocycles. The summed E-state index contributed by atoms with van der Waals surface area (Å²) in [5.74, 6) is -3.21. The van der Waals surface area contributed by atoms with E-state index < -0.39 is 29.6 Å². The van der Waals surface area contributed by atoms with Gasteiger partial charge >= 0.3 is 6.09 Å². The van der Waals surface area contributed by atoms with Gasteiger partial charge in [0.05, 0.1) is 36.9 Å². The molecule has 154 valence electrons. The van der Waals surface area contributed by atoms with Gasteiger partial charge in [-0.05, 0) is 34.1 Å². The average Bonchev–Trinajstić information content (AvgIpc) is 2.83. The monoisotopic (exact) mass is 396 g/mol. The highest BCUT2D eigenvalue weighted by atomic mass is 19.3. The number of fused-ring (bicyclic) bond motifs is 3. The smallest absolute Gasteiger partial charge is 0.410 e. The molecule has 0 spiro atoms. The van der Waals surface area contributed by atoms with Crippen molar-refractivity contribution in [2.45, 2.75) is 89.6 Å². The van der Waals surface area contributed by atoms with Crippen LogP contribution in [0, 0.1) is 11.3 Å². The molecule has 3 rings (SSSR count). The molecule has 0 radical (unpaired) electrons. The third kappa shape index (κ3) is 3.83. The van der Waals surface area contributed by atoms with Gasteiger partial charge in [-0.1, -0.05) is 0 Å².